The maximum atomic E-state index is 12.6. The SMILES string of the molecule is CCCCCCCCCCCC(=O)O[C@H](COC(=O)CCCCCCCCCC)CO[C@H]1O[C@H](CS(=O)(=O)O)[C@@H](O)C(O)C1O. The van der Waals surface area contributed by atoms with Crippen LogP contribution in [0.25, 0.3) is 0 Å². The van der Waals surface area contributed by atoms with E-state index in [4.69, 9.17) is 23.5 Å². The van der Waals surface area contributed by atoms with E-state index in [1.807, 2.05) is 0 Å². The molecule has 1 rings (SSSR count). The lowest BCUT2D eigenvalue weighted by molar-refractivity contribution is -0.297. The Morgan fingerprint density at radius 3 is 1.62 bits per heavy atom. The van der Waals surface area contributed by atoms with Gasteiger partial charge in [0.15, 0.2) is 12.4 Å². The number of unbranched alkanes of at least 4 members (excludes halogenated alkanes) is 15. The predicted octanol–water partition coefficient (Wildman–Crippen LogP) is 4.61. The first-order valence-corrected chi connectivity index (χ1v) is 18.7. The molecule has 0 aliphatic carbocycles. The highest BCUT2D eigenvalue weighted by atomic mass is 32.2. The number of hydrogen-bond donors (Lipinski definition) is 4. The summed E-state index contributed by atoms with van der Waals surface area (Å²) in [4.78, 5) is 25.0. The van der Waals surface area contributed by atoms with Gasteiger partial charge in [-0.3, -0.25) is 14.1 Å². The molecule has 2 unspecified atom stereocenters. The Balaban J connectivity index is 2.60. The highest BCUT2D eigenvalue weighted by Gasteiger charge is 2.46. The number of rotatable bonds is 27. The predicted molar refractivity (Wildman–Crippen MR) is 169 cm³/mol. The van der Waals surface area contributed by atoms with Crippen LogP contribution in [0.3, 0.4) is 0 Å². The average molecular weight is 669 g/mol. The molecule has 0 saturated carbocycles. The number of esters is 2. The fraction of sp³-hybridized carbons (Fsp3) is 0.938. The molecule has 1 aliphatic heterocycles. The van der Waals surface area contributed by atoms with Gasteiger partial charge in [0, 0.05) is 12.8 Å². The van der Waals surface area contributed by atoms with Crippen LogP contribution in [0, 0.1) is 0 Å². The molecule has 0 aromatic rings. The molecule has 0 spiro atoms. The molecule has 0 radical (unpaired) electrons. The van der Waals surface area contributed by atoms with E-state index in [1.54, 1.807) is 0 Å². The molecule has 1 saturated heterocycles. The van der Waals surface area contributed by atoms with Gasteiger partial charge in [-0.2, -0.15) is 8.42 Å². The summed E-state index contributed by atoms with van der Waals surface area (Å²) in [5.41, 5.74) is 0. The average Bonchev–Trinajstić information content (AvgIpc) is 2.99. The van der Waals surface area contributed by atoms with Crippen LogP contribution in [-0.4, -0.2) is 96.0 Å². The van der Waals surface area contributed by atoms with Crippen molar-refractivity contribution in [3.05, 3.63) is 0 Å². The molecule has 1 fully saturated rings. The largest absolute Gasteiger partial charge is 0.462 e. The van der Waals surface area contributed by atoms with Crippen LogP contribution < -0.4 is 0 Å². The van der Waals surface area contributed by atoms with Crippen LogP contribution >= 0.6 is 0 Å². The van der Waals surface area contributed by atoms with E-state index < -0.39 is 71.2 Å². The Hall–Kier alpha value is -1.35. The molecule has 1 aliphatic rings. The zero-order valence-corrected chi connectivity index (χ0v) is 28.3. The van der Waals surface area contributed by atoms with E-state index in [0.29, 0.717) is 12.8 Å². The lowest BCUT2D eigenvalue weighted by Crippen LogP contribution is -2.60. The Morgan fingerprint density at radius 1 is 0.667 bits per heavy atom. The summed E-state index contributed by atoms with van der Waals surface area (Å²) in [6, 6.07) is 0. The molecule has 266 valence electrons. The molecule has 0 aromatic heterocycles. The summed E-state index contributed by atoms with van der Waals surface area (Å²) in [5.74, 6) is -1.98. The first kappa shape index (κ1) is 41.7. The number of aliphatic hydroxyl groups excluding tert-OH is 3. The molecule has 0 amide bonds. The monoisotopic (exact) mass is 668 g/mol. The van der Waals surface area contributed by atoms with Crippen molar-refractivity contribution in [2.75, 3.05) is 19.0 Å². The third-order valence-corrected chi connectivity index (χ3v) is 8.69. The second-order valence-electron chi connectivity index (χ2n) is 12.2. The highest BCUT2D eigenvalue weighted by Crippen LogP contribution is 2.24. The molecule has 13 heteroatoms. The number of carbonyl (C=O) groups is 2. The molecule has 1 heterocycles. The van der Waals surface area contributed by atoms with Crippen molar-refractivity contribution in [3.8, 4) is 0 Å². The topological polar surface area (TPSA) is 186 Å². The summed E-state index contributed by atoms with van der Waals surface area (Å²) in [5, 5.41) is 30.6. The molecule has 0 bridgehead atoms. The van der Waals surface area contributed by atoms with Gasteiger partial charge in [0.2, 0.25) is 0 Å². The molecule has 12 nitrogen and oxygen atoms in total. The number of carbonyl (C=O) groups excluding carboxylic acids is 2. The maximum Gasteiger partial charge on any atom is 0.306 e. The van der Waals surface area contributed by atoms with Gasteiger partial charge in [-0.05, 0) is 12.8 Å². The van der Waals surface area contributed by atoms with Gasteiger partial charge in [-0.15, -0.1) is 0 Å². The van der Waals surface area contributed by atoms with E-state index in [0.717, 1.165) is 38.5 Å². The van der Waals surface area contributed by atoms with Gasteiger partial charge in [-0.1, -0.05) is 110 Å². The van der Waals surface area contributed by atoms with Gasteiger partial charge < -0.3 is 34.3 Å². The van der Waals surface area contributed by atoms with Crippen molar-refractivity contribution in [3.63, 3.8) is 0 Å². The molecule has 4 N–H and O–H groups in total. The Bertz CT molecular complexity index is 883. The van der Waals surface area contributed by atoms with Crippen LogP contribution in [0.2, 0.25) is 0 Å². The normalized spacial score (nSPS) is 22.7. The highest BCUT2D eigenvalue weighted by molar-refractivity contribution is 7.85. The minimum Gasteiger partial charge on any atom is -0.462 e. The lowest BCUT2D eigenvalue weighted by Gasteiger charge is -2.40. The third-order valence-electron chi connectivity index (χ3n) is 7.94. The van der Waals surface area contributed by atoms with Gasteiger partial charge in [0.1, 0.15) is 36.8 Å². The third kappa shape index (κ3) is 20.5. The zero-order chi connectivity index (χ0) is 33.5. The Morgan fingerprint density at radius 2 is 1.13 bits per heavy atom. The van der Waals surface area contributed by atoms with E-state index in [1.165, 1.54) is 57.8 Å². The van der Waals surface area contributed by atoms with Gasteiger partial charge in [0.05, 0.1) is 6.61 Å². The molecular weight excluding hydrogens is 608 g/mol. The van der Waals surface area contributed by atoms with Crippen LogP contribution in [0.15, 0.2) is 0 Å². The second-order valence-corrected chi connectivity index (χ2v) is 13.7. The number of aliphatic hydroxyl groups is 3. The van der Waals surface area contributed by atoms with Crippen molar-refractivity contribution in [2.45, 2.75) is 173 Å². The first-order valence-electron chi connectivity index (χ1n) is 17.1. The van der Waals surface area contributed by atoms with Crippen LogP contribution in [0.5, 0.6) is 0 Å². The van der Waals surface area contributed by atoms with Crippen molar-refractivity contribution >= 4 is 22.1 Å². The van der Waals surface area contributed by atoms with Crippen molar-refractivity contribution in [1.29, 1.82) is 0 Å². The second kappa shape index (κ2) is 24.8. The van der Waals surface area contributed by atoms with E-state index in [-0.39, 0.29) is 19.4 Å². The van der Waals surface area contributed by atoms with Gasteiger partial charge in [0.25, 0.3) is 10.1 Å². The van der Waals surface area contributed by atoms with Crippen LogP contribution in [-0.2, 0) is 38.7 Å². The van der Waals surface area contributed by atoms with Crippen molar-refractivity contribution < 1.29 is 56.8 Å². The first-order chi connectivity index (χ1) is 21.5. The summed E-state index contributed by atoms with van der Waals surface area (Å²) in [6.45, 7) is 3.65. The number of ether oxygens (including phenoxy) is 4. The summed E-state index contributed by atoms with van der Waals surface area (Å²) < 4.78 is 53.5. The molecule has 0 aromatic carbocycles. The van der Waals surface area contributed by atoms with E-state index in [9.17, 15) is 33.3 Å². The van der Waals surface area contributed by atoms with Crippen LogP contribution in [0.1, 0.15) is 136 Å². The van der Waals surface area contributed by atoms with Crippen molar-refractivity contribution in [2.24, 2.45) is 0 Å². The molecule has 45 heavy (non-hydrogen) atoms. The zero-order valence-electron chi connectivity index (χ0n) is 27.5. The smallest absolute Gasteiger partial charge is 0.306 e. The van der Waals surface area contributed by atoms with Crippen molar-refractivity contribution in [1.82, 2.24) is 0 Å². The van der Waals surface area contributed by atoms with Gasteiger partial charge in [-0.25, -0.2) is 0 Å². The lowest BCUT2D eigenvalue weighted by atomic mass is 10.00. The van der Waals surface area contributed by atoms with E-state index >= 15 is 0 Å². The standard InChI is InChI=1S/C32H60O12S/c1-3-5-7-9-11-13-15-17-19-21-28(34)43-25(22-41-27(33)20-18-16-14-12-10-8-6-4-2)23-42-32-31(37)30(36)29(35)26(44-32)24-45(38,39)40/h25-26,29-32,35-37H,3-24H2,1-2H3,(H,38,39,40)/t25-,26-,29-,30?,31?,32+/m1/s1. The summed E-state index contributed by atoms with van der Waals surface area (Å²) in [6.07, 6.45) is 9.17. The van der Waals surface area contributed by atoms with Gasteiger partial charge >= 0.3 is 11.9 Å². The molecular formula is C32H60O12S. The fourth-order valence-electron chi connectivity index (χ4n) is 5.20. The summed E-state index contributed by atoms with van der Waals surface area (Å²) in [7, 11) is -4.58. The maximum absolute atomic E-state index is 12.6. The quantitative estimate of drug-likeness (QED) is 0.0542. The molecule has 6 atom stereocenters. The fourth-order valence-corrected chi connectivity index (χ4v) is 5.89. The van der Waals surface area contributed by atoms with Crippen LogP contribution in [0.4, 0.5) is 0 Å². The van der Waals surface area contributed by atoms with E-state index in [2.05, 4.69) is 13.8 Å². The Labute approximate surface area is 270 Å². The Kier molecular flexibility index (Phi) is 22.9. The minimum absolute atomic E-state index is 0.169. The minimum atomic E-state index is -4.58. The summed E-state index contributed by atoms with van der Waals surface area (Å²) >= 11 is 0. The number of hydrogen-bond acceptors (Lipinski definition) is 11.